The lowest BCUT2D eigenvalue weighted by Gasteiger charge is -2.10. The number of phenols is 2. The predicted octanol–water partition coefficient (Wildman–Crippen LogP) is 3.72. The molecule has 6 nitrogen and oxygen atoms in total. The van der Waals surface area contributed by atoms with Crippen LogP contribution in [-0.2, 0) is 0 Å². The second-order valence-electron chi connectivity index (χ2n) is 4.95. The SMILES string of the molecule is COc1cc(C(=O)CN=Cc2cc(Cl)cc(Cl)c2O)cc(OC)c1O. The van der Waals surface area contributed by atoms with Gasteiger partial charge < -0.3 is 19.7 Å². The number of ether oxygens (including phenoxy) is 2. The number of rotatable bonds is 6. The molecule has 0 saturated heterocycles. The Morgan fingerprint density at radius 1 is 1.08 bits per heavy atom. The van der Waals surface area contributed by atoms with Crippen LogP contribution in [-0.4, -0.2) is 43.0 Å². The molecule has 0 saturated carbocycles. The second kappa shape index (κ2) is 8.09. The van der Waals surface area contributed by atoms with Crippen LogP contribution < -0.4 is 9.47 Å². The molecule has 0 spiro atoms. The molecule has 0 unspecified atom stereocenters. The van der Waals surface area contributed by atoms with Crippen LogP contribution in [0.1, 0.15) is 15.9 Å². The molecule has 0 aliphatic rings. The maximum atomic E-state index is 12.3. The summed E-state index contributed by atoms with van der Waals surface area (Å²) in [7, 11) is 2.74. The van der Waals surface area contributed by atoms with E-state index in [0.29, 0.717) is 10.6 Å². The van der Waals surface area contributed by atoms with Crippen LogP contribution in [0, 0.1) is 0 Å². The molecule has 132 valence electrons. The van der Waals surface area contributed by atoms with Crippen LogP contribution in [0.25, 0.3) is 0 Å². The molecule has 0 amide bonds. The van der Waals surface area contributed by atoms with Crippen LogP contribution in [0.2, 0.25) is 10.0 Å². The van der Waals surface area contributed by atoms with Crippen molar-refractivity contribution in [2.24, 2.45) is 4.99 Å². The van der Waals surface area contributed by atoms with Gasteiger partial charge in [-0.1, -0.05) is 23.2 Å². The molecule has 0 atom stereocenters. The number of benzene rings is 2. The van der Waals surface area contributed by atoms with Gasteiger partial charge in [-0.3, -0.25) is 9.79 Å². The lowest BCUT2D eigenvalue weighted by Crippen LogP contribution is -2.05. The Morgan fingerprint density at radius 3 is 2.24 bits per heavy atom. The molecule has 25 heavy (non-hydrogen) atoms. The number of carbonyl (C=O) groups is 1. The van der Waals surface area contributed by atoms with Gasteiger partial charge in [0.15, 0.2) is 17.3 Å². The Hall–Kier alpha value is -2.44. The minimum Gasteiger partial charge on any atom is -0.506 e. The zero-order valence-electron chi connectivity index (χ0n) is 13.4. The highest BCUT2D eigenvalue weighted by Crippen LogP contribution is 2.37. The first kappa shape index (κ1) is 18.9. The van der Waals surface area contributed by atoms with Crippen molar-refractivity contribution < 1.29 is 24.5 Å². The van der Waals surface area contributed by atoms with Crippen molar-refractivity contribution in [3.63, 3.8) is 0 Å². The summed E-state index contributed by atoms with van der Waals surface area (Å²) in [6, 6.07) is 5.66. The summed E-state index contributed by atoms with van der Waals surface area (Å²) in [4.78, 5) is 16.3. The smallest absolute Gasteiger partial charge is 0.200 e. The normalized spacial score (nSPS) is 10.9. The lowest BCUT2D eigenvalue weighted by atomic mass is 10.1. The Labute approximate surface area is 154 Å². The minimum atomic E-state index is -0.333. The van der Waals surface area contributed by atoms with E-state index in [1.54, 1.807) is 0 Å². The fourth-order valence-electron chi connectivity index (χ4n) is 2.06. The third kappa shape index (κ3) is 4.35. The second-order valence-corrected chi connectivity index (χ2v) is 5.79. The van der Waals surface area contributed by atoms with Gasteiger partial charge in [0, 0.05) is 22.4 Å². The monoisotopic (exact) mass is 383 g/mol. The molecule has 0 heterocycles. The van der Waals surface area contributed by atoms with Gasteiger partial charge in [-0.2, -0.15) is 0 Å². The van der Waals surface area contributed by atoms with E-state index >= 15 is 0 Å². The molecule has 0 aliphatic carbocycles. The minimum absolute atomic E-state index is 0.0910. The number of hydrogen-bond acceptors (Lipinski definition) is 6. The van der Waals surface area contributed by atoms with Gasteiger partial charge in [0.2, 0.25) is 5.75 Å². The summed E-state index contributed by atoms with van der Waals surface area (Å²) in [6.07, 6.45) is 1.31. The number of nitrogens with zero attached hydrogens (tertiary/aromatic N) is 1. The summed E-state index contributed by atoms with van der Waals surface area (Å²) in [5.74, 6) is -0.462. The van der Waals surface area contributed by atoms with Gasteiger partial charge in [-0.15, -0.1) is 0 Å². The van der Waals surface area contributed by atoms with Gasteiger partial charge in [-0.05, 0) is 24.3 Å². The van der Waals surface area contributed by atoms with E-state index in [0.717, 1.165) is 0 Å². The van der Waals surface area contributed by atoms with Crippen LogP contribution in [0.15, 0.2) is 29.3 Å². The highest BCUT2D eigenvalue weighted by Gasteiger charge is 2.15. The van der Waals surface area contributed by atoms with Crippen LogP contribution in [0.3, 0.4) is 0 Å². The van der Waals surface area contributed by atoms with E-state index < -0.39 is 0 Å². The van der Waals surface area contributed by atoms with E-state index in [1.165, 1.54) is 44.7 Å². The number of aliphatic imine (C=N–C) groups is 1. The maximum absolute atomic E-state index is 12.3. The maximum Gasteiger partial charge on any atom is 0.200 e. The molecule has 2 rings (SSSR count). The number of Topliss-reactive ketones (excluding diaryl/α,β-unsaturated/α-hetero) is 1. The first-order valence-corrected chi connectivity index (χ1v) is 7.79. The van der Waals surface area contributed by atoms with Crippen LogP contribution in [0.4, 0.5) is 0 Å². The molecule has 2 aromatic carbocycles. The van der Waals surface area contributed by atoms with Gasteiger partial charge in [-0.25, -0.2) is 0 Å². The first-order chi connectivity index (χ1) is 11.9. The first-order valence-electron chi connectivity index (χ1n) is 7.03. The summed E-state index contributed by atoms with van der Waals surface area (Å²) in [6.45, 7) is -0.194. The molecule has 0 fully saturated rings. The van der Waals surface area contributed by atoms with Crippen LogP contribution in [0.5, 0.6) is 23.0 Å². The van der Waals surface area contributed by atoms with Gasteiger partial charge in [0.05, 0.1) is 19.2 Å². The largest absolute Gasteiger partial charge is 0.506 e. The Bertz CT molecular complexity index is 811. The van der Waals surface area contributed by atoms with E-state index in [-0.39, 0.29) is 45.9 Å². The lowest BCUT2D eigenvalue weighted by molar-refractivity contribution is 0.100. The molecular weight excluding hydrogens is 369 g/mol. The van der Waals surface area contributed by atoms with E-state index in [9.17, 15) is 15.0 Å². The summed E-state index contributed by atoms with van der Waals surface area (Å²) in [5, 5.41) is 20.1. The highest BCUT2D eigenvalue weighted by atomic mass is 35.5. The van der Waals surface area contributed by atoms with Crippen molar-refractivity contribution >= 4 is 35.2 Å². The van der Waals surface area contributed by atoms with E-state index in [4.69, 9.17) is 32.7 Å². The number of halogens is 2. The van der Waals surface area contributed by atoms with Crippen molar-refractivity contribution in [1.29, 1.82) is 0 Å². The third-order valence-corrected chi connectivity index (χ3v) is 3.83. The van der Waals surface area contributed by atoms with E-state index in [1.807, 2.05) is 0 Å². The van der Waals surface area contributed by atoms with Gasteiger partial charge >= 0.3 is 0 Å². The Morgan fingerprint density at radius 2 is 1.68 bits per heavy atom. The molecule has 8 heteroatoms. The molecule has 0 aliphatic heterocycles. The van der Waals surface area contributed by atoms with E-state index in [2.05, 4.69) is 4.99 Å². The highest BCUT2D eigenvalue weighted by molar-refractivity contribution is 6.36. The van der Waals surface area contributed by atoms with Crippen LogP contribution >= 0.6 is 23.2 Å². The van der Waals surface area contributed by atoms with Crippen molar-refractivity contribution in [3.8, 4) is 23.0 Å². The molecule has 2 N–H and O–H groups in total. The Balaban J connectivity index is 2.21. The summed E-state index contributed by atoms with van der Waals surface area (Å²) >= 11 is 11.7. The molecule has 0 bridgehead atoms. The number of carbonyl (C=O) groups excluding carboxylic acids is 1. The number of aromatic hydroxyl groups is 2. The van der Waals surface area contributed by atoms with Crippen molar-refractivity contribution in [2.75, 3.05) is 20.8 Å². The molecule has 2 aromatic rings. The average Bonchev–Trinajstić information content (AvgIpc) is 2.59. The number of phenolic OH excluding ortho intramolecular Hbond substituents is 2. The molecular formula is C17H15Cl2NO5. The fourth-order valence-corrected chi connectivity index (χ4v) is 2.57. The van der Waals surface area contributed by atoms with Gasteiger partial charge in [0.25, 0.3) is 0 Å². The summed E-state index contributed by atoms with van der Waals surface area (Å²) in [5.41, 5.74) is 0.558. The number of hydrogen-bond donors (Lipinski definition) is 2. The van der Waals surface area contributed by atoms with Crippen molar-refractivity contribution in [2.45, 2.75) is 0 Å². The van der Waals surface area contributed by atoms with Crippen molar-refractivity contribution in [3.05, 3.63) is 45.4 Å². The molecule has 0 aromatic heterocycles. The van der Waals surface area contributed by atoms with Crippen molar-refractivity contribution in [1.82, 2.24) is 0 Å². The quantitative estimate of drug-likeness (QED) is 0.585. The third-order valence-electron chi connectivity index (χ3n) is 3.32. The Kier molecular flexibility index (Phi) is 6.12. The topological polar surface area (TPSA) is 88.4 Å². The predicted molar refractivity (Wildman–Crippen MR) is 96.1 cm³/mol. The standard InChI is InChI=1S/C17H15Cl2NO5/c1-24-14-4-9(5-15(25-2)17(14)23)13(21)8-20-7-10-3-11(18)6-12(19)16(10)22/h3-7,22-23H,8H2,1-2H3. The zero-order valence-corrected chi connectivity index (χ0v) is 14.9. The number of methoxy groups -OCH3 is 2. The average molecular weight is 384 g/mol. The fraction of sp³-hybridized carbons (Fsp3) is 0.176. The zero-order chi connectivity index (χ0) is 18.6. The summed E-state index contributed by atoms with van der Waals surface area (Å²) < 4.78 is 10.0. The number of ketones is 1. The van der Waals surface area contributed by atoms with Gasteiger partial charge in [0.1, 0.15) is 12.3 Å². The molecule has 0 radical (unpaired) electrons.